The first-order valence-electron chi connectivity index (χ1n) is 5.18. The van der Waals surface area contributed by atoms with Crippen LogP contribution < -0.4 is 14.2 Å². The Hall–Kier alpha value is -1.62. The largest absolute Gasteiger partial charge is 0.493 e. The van der Waals surface area contributed by atoms with E-state index in [1.165, 1.54) is 33.5 Å². The van der Waals surface area contributed by atoms with E-state index in [0.717, 1.165) is 0 Å². The topological polar surface area (TPSA) is 54.0 Å². The van der Waals surface area contributed by atoms with Gasteiger partial charge in [-0.1, -0.05) is 11.6 Å². The Morgan fingerprint density at radius 3 is 1.94 bits per heavy atom. The predicted molar refractivity (Wildman–Crippen MR) is 66.8 cm³/mol. The summed E-state index contributed by atoms with van der Waals surface area (Å²) in [6.07, 6.45) is 0. The molecule has 1 atom stereocenters. The molecule has 1 aromatic rings. The van der Waals surface area contributed by atoms with Gasteiger partial charge in [-0.2, -0.15) is 0 Å². The third-order valence-corrected chi connectivity index (χ3v) is 2.26. The van der Waals surface area contributed by atoms with Crippen molar-refractivity contribution in [2.45, 2.75) is 12.5 Å². The van der Waals surface area contributed by atoms with E-state index in [1.807, 2.05) is 0 Å². The number of hydrogen-bond donors (Lipinski definition) is 0. The van der Waals surface area contributed by atoms with Gasteiger partial charge >= 0.3 is 5.97 Å². The summed E-state index contributed by atoms with van der Waals surface area (Å²) >= 11 is 5.60. The van der Waals surface area contributed by atoms with E-state index < -0.39 is 11.5 Å². The third kappa shape index (κ3) is 3.20. The van der Waals surface area contributed by atoms with Crippen LogP contribution in [0.2, 0.25) is 0 Å². The first kappa shape index (κ1) is 14.4. The summed E-state index contributed by atoms with van der Waals surface area (Å²) in [5.41, 5.74) is -0.436. The Morgan fingerprint density at radius 2 is 1.61 bits per heavy atom. The van der Waals surface area contributed by atoms with Crippen molar-refractivity contribution in [2.24, 2.45) is 0 Å². The van der Waals surface area contributed by atoms with Crippen molar-refractivity contribution in [3.8, 4) is 17.2 Å². The fourth-order valence-corrected chi connectivity index (χ4v) is 1.50. The van der Waals surface area contributed by atoms with E-state index in [2.05, 4.69) is 0 Å². The number of ether oxygens (including phenoxy) is 4. The first-order chi connectivity index (χ1) is 8.53. The van der Waals surface area contributed by atoms with Gasteiger partial charge in [0.15, 0.2) is 17.1 Å². The van der Waals surface area contributed by atoms with Crippen molar-refractivity contribution >= 4 is 17.6 Å². The number of rotatable bonds is 5. The number of methoxy groups -OCH3 is 3. The minimum absolute atomic E-state index is 0.275. The van der Waals surface area contributed by atoms with Crippen LogP contribution in [0.3, 0.4) is 0 Å². The van der Waals surface area contributed by atoms with Crippen molar-refractivity contribution in [3.05, 3.63) is 17.7 Å². The molecule has 5 nitrogen and oxygen atoms in total. The molecule has 0 aliphatic heterocycles. The van der Waals surface area contributed by atoms with Crippen molar-refractivity contribution in [2.75, 3.05) is 21.3 Å². The molecule has 6 heteroatoms. The molecule has 0 saturated carbocycles. The predicted octanol–water partition coefficient (Wildman–Crippen LogP) is 2.45. The maximum atomic E-state index is 11.7. The van der Waals surface area contributed by atoms with Gasteiger partial charge in [0.25, 0.3) is 0 Å². The van der Waals surface area contributed by atoms with E-state index >= 15 is 0 Å². The number of esters is 1. The molecule has 0 amide bonds. The van der Waals surface area contributed by atoms with E-state index in [-0.39, 0.29) is 5.56 Å². The molecule has 100 valence electrons. The summed E-state index contributed by atoms with van der Waals surface area (Å²) in [5, 5.41) is 0. The Labute approximate surface area is 111 Å². The van der Waals surface area contributed by atoms with E-state index in [9.17, 15) is 4.79 Å². The number of carbonyl (C=O) groups is 1. The van der Waals surface area contributed by atoms with E-state index in [1.54, 1.807) is 6.92 Å². The molecule has 0 fully saturated rings. The van der Waals surface area contributed by atoms with Crippen molar-refractivity contribution in [1.29, 1.82) is 0 Å². The summed E-state index contributed by atoms with van der Waals surface area (Å²) in [7, 11) is 4.42. The van der Waals surface area contributed by atoms with Gasteiger partial charge in [0.2, 0.25) is 5.75 Å². The number of benzene rings is 1. The second-order valence-corrected chi connectivity index (χ2v) is 3.98. The second-order valence-electron chi connectivity index (χ2n) is 3.36. The molecule has 18 heavy (non-hydrogen) atoms. The Kier molecular flexibility index (Phi) is 5.09. The van der Waals surface area contributed by atoms with Crippen molar-refractivity contribution in [3.63, 3.8) is 0 Å². The van der Waals surface area contributed by atoms with Crippen LogP contribution in [-0.2, 0) is 4.74 Å². The molecule has 0 aromatic heterocycles. The monoisotopic (exact) mass is 274 g/mol. The lowest BCUT2D eigenvalue weighted by molar-refractivity contribution is 0.0471. The summed E-state index contributed by atoms with van der Waals surface area (Å²) < 4.78 is 20.3. The van der Waals surface area contributed by atoms with Gasteiger partial charge in [-0.05, 0) is 19.1 Å². The molecule has 0 spiro atoms. The Bertz CT molecular complexity index is 405. The lowest BCUT2D eigenvalue weighted by atomic mass is 10.2. The molecule has 1 aromatic carbocycles. The number of alkyl halides is 1. The van der Waals surface area contributed by atoms with Gasteiger partial charge in [0.05, 0.1) is 26.9 Å². The van der Waals surface area contributed by atoms with Crippen LogP contribution in [0.15, 0.2) is 12.1 Å². The highest BCUT2D eigenvalue weighted by molar-refractivity contribution is 6.20. The Morgan fingerprint density at radius 1 is 1.11 bits per heavy atom. The number of halogens is 1. The SMILES string of the molecule is COc1cc(C(=O)OC(C)Cl)cc(OC)c1OC. The molecule has 0 aliphatic carbocycles. The zero-order valence-electron chi connectivity index (χ0n) is 10.7. The fourth-order valence-electron chi connectivity index (χ4n) is 1.41. The zero-order valence-corrected chi connectivity index (χ0v) is 11.4. The highest BCUT2D eigenvalue weighted by Gasteiger charge is 2.18. The summed E-state index contributed by atoms with van der Waals surface area (Å²) in [4.78, 5) is 11.7. The van der Waals surface area contributed by atoms with Gasteiger partial charge in [0, 0.05) is 0 Å². The highest BCUT2D eigenvalue weighted by Crippen LogP contribution is 2.38. The second kappa shape index (κ2) is 6.35. The van der Waals surface area contributed by atoms with Crippen LogP contribution in [0.1, 0.15) is 17.3 Å². The lowest BCUT2D eigenvalue weighted by Gasteiger charge is -2.14. The standard InChI is InChI=1S/C12H15ClO5/c1-7(13)18-12(14)8-5-9(15-2)11(17-4)10(6-8)16-3/h5-7H,1-4H3. The maximum absolute atomic E-state index is 11.7. The molecule has 1 unspecified atom stereocenters. The van der Waals surface area contributed by atoms with Gasteiger partial charge < -0.3 is 18.9 Å². The summed E-state index contributed by atoms with van der Waals surface area (Å²) in [6.45, 7) is 1.55. The molecule has 1 rings (SSSR count). The van der Waals surface area contributed by atoms with Crippen molar-refractivity contribution in [1.82, 2.24) is 0 Å². The number of carbonyl (C=O) groups excluding carboxylic acids is 1. The van der Waals surface area contributed by atoms with Crippen LogP contribution in [0.25, 0.3) is 0 Å². The van der Waals surface area contributed by atoms with Gasteiger partial charge in [0.1, 0.15) is 0 Å². The average Bonchev–Trinajstić information content (AvgIpc) is 2.35. The molecule has 0 bridgehead atoms. The summed E-state index contributed by atoms with van der Waals surface area (Å²) in [6, 6.07) is 3.01. The average molecular weight is 275 g/mol. The molecular weight excluding hydrogens is 260 g/mol. The van der Waals surface area contributed by atoms with Crippen LogP contribution in [0, 0.1) is 0 Å². The third-order valence-electron chi connectivity index (χ3n) is 2.17. The normalized spacial score (nSPS) is 11.6. The molecule has 0 N–H and O–H groups in total. The molecule has 0 aliphatic rings. The lowest BCUT2D eigenvalue weighted by Crippen LogP contribution is -2.10. The zero-order chi connectivity index (χ0) is 13.7. The van der Waals surface area contributed by atoms with Crippen LogP contribution in [0.5, 0.6) is 17.2 Å². The minimum atomic E-state index is -0.711. The molecule has 0 radical (unpaired) electrons. The maximum Gasteiger partial charge on any atom is 0.339 e. The van der Waals surface area contributed by atoms with Crippen LogP contribution in [0.4, 0.5) is 0 Å². The van der Waals surface area contributed by atoms with Gasteiger partial charge in [-0.15, -0.1) is 0 Å². The molecule has 0 saturated heterocycles. The Balaban J connectivity index is 3.18. The molecule has 0 heterocycles. The van der Waals surface area contributed by atoms with Crippen LogP contribution in [-0.4, -0.2) is 32.9 Å². The summed E-state index contributed by atoms with van der Waals surface area (Å²) in [5.74, 6) is 0.615. The smallest absolute Gasteiger partial charge is 0.339 e. The van der Waals surface area contributed by atoms with Gasteiger partial charge in [-0.25, -0.2) is 4.79 Å². The first-order valence-corrected chi connectivity index (χ1v) is 5.62. The number of hydrogen-bond acceptors (Lipinski definition) is 5. The molecular formula is C12H15ClO5. The van der Waals surface area contributed by atoms with E-state index in [0.29, 0.717) is 17.2 Å². The van der Waals surface area contributed by atoms with Gasteiger partial charge in [-0.3, -0.25) is 0 Å². The highest BCUT2D eigenvalue weighted by atomic mass is 35.5. The van der Waals surface area contributed by atoms with E-state index in [4.69, 9.17) is 30.5 Å². The minimum Gasteiger partial charge on any atom is -0.493 e. The fraction of sp³-hybridized carbons (Fsp3) is 0.417. The van der Waals surface area contributed by atoms with Crippen molar-refractivity contribution < 1.29 is 23.7 Å². The van der Waals surface area contributed by atoms with Crippen LogP contribution >= 0.6 is 11.6 Å². The quantitative estimate of drug-likeness (QED) is 0.610.